The molecule has 0 radical (unpaired) electrons. The number of nitrogens with one attached hydrogen (secondary N) is 1. The fourth-order valence-electron chi connectivity index (χ4n) is 5.76. The van der Waals surface area contributed by atoms with Gasteiger partial charge in [0.25, 0.3) is 0 Å². The Morgan fingerprint density at radius 2 is 1.58 bits per heavy atom. The number of carbonyl (C=O) groups is 2. The Hall–Kier alpha value is -2.86. The standard InChI is InChI=1S/C27H34N4O2/c32-25(29-17-11-23(12-18-29)19-22-7-3-1-4-8-22)20-30-21-31(24-9-5-2-6-10-24)27(26(30)33)13-15-28-16-14-27/h1-10,23,28H,11-21H2. The maximum atomic E-state index is 13.6. The Morgan fingerprint density at radius 1 is 0.939 bits per heavy atom. The van der Waals surface area contributed by atoms with Gasteiger partial charge in [-0.3, -0.25) is 9.59 Å². The highest BCUT2D eigenvalue weighted by Gasteiger charge is 2.53. The smallest absolute Gasteiger partial charge is 0.250 e. The quantitative estimate of drug-likeness (QED) is 0.767. The third-order valence-electron chi connectivity index (χ3n) is 7.67. The Balaban J connectivity index is 1.22. The van der Waals surface area contributed by atoms with Crippen LogP contribution in [0.1, 0.15) is 31.2 Å². The minimum atomic E-state index is -0.532. The molecule has 0 saturated carbocycles. The number of benzene rings is 2. The van der Waals surface area contributed by atoms with Crippen LogP contribution in [0, 0.1) is 5.92 Å². The molecule has 0 bridgehead atoms. The number of para-hydroxylation sites is 1. The molecule has 33 heavy (non-hydrogen) atoms. The molecule has 3 saturated heterocycles. The summed E-state index contributed by atoms with van der Waals surface area (Å²) in [6.07, 6.45) is 4.68. The molecule has 1 N–H and O–H groups in total. The van der Waals surface area contributed by atoms with Crippen LogP contribution in [0.4, 0.5) is 5.69 Å². The molecule has 0 aromatic heterocycles. The monoisotopic (exact) mass is 446 g/mol. The number of hydrogen-bond donors (Lipinski definition) is 1. The summed E-state index contributed by atoms with van der Waals surface area (Å²) in [5, 5.41) is 3.38. The summed E-state index contributed by atoms with van der Waals surface area (Å²) in [6, 6.07) is 20.8. The predicted molar refractivity (Wildman–Crippen MR) is 130 cm³/mol. The Labute approximate surface area is 196 Å². The summed E-state index contributed by atoms with van der Waals surface area (Å²) >= 11 is 0. The SMILES string of the molecule is O=C(CN1CN(c2ccccc2)C2(CCNCC2)C1=O)N1CCC(Cc2ccccc2)CC1. The second-order valence-electron chi connectivity index (χ2n) is 9.70. The number of rotatable bonds is 5. The minimum Gasteiger partial charge on any atom is -0.341 e. The first-order valence-corrected chi connectivity index (χ1v) is 12.3. The van der Waals surface area contributed by atoms with Gasteiger partial charge in [0.2, 0.25) is 11.8 Å². The number of nitrogens with zero attached hydrogens (tertiary/aromatic N) is 3. The van der Waals surface area contributed by atoms with Crippen molar-refractivity contribution in [1.82, 2.24) is 15.1 Å². The molecule has 6 nitrogen and oxygen atoms in total. The molecule has 0 atom stereocenters. The van der Waals surface area contributed by atoms with Crippen LogP contribution in [-0.4, -0.2) is 66.5 Å². The largest absolute Gasteiger partial charge is 0.341 e. The van der Waals surface area contributed by atoms with Crippen LogP contribution in [-0.2, 0) is 16.0 Å². The summed E-state index contributed by atoms with van der Waals surface area (Å²) in [5.74, 6) is 0.817. The second kappa shape index (κ2) is 9.56. The van der Waals surface area contributed by atoms with E-state index in [1.54, 1.807) is 4.90 Å². The van der Waals surface area contributed by atoms with E-state index in [1.807, 2.05) is 23.1 Å². The van der Waals surface area contributed by atoms with Gasteiger partial charge in [-0.05, 0) is 68.8 Å². The summed E-state index contributed by atoms with van der Waals surface area (Å²) < 4.78 is 0. The van der Waals surface area contributed by atoms with Gasteiger partial charge in [0.1, 0.15) is 12.1 Å². The number of piperidine rings is 2. The molecule has 2 aromatic carbocycles. The van der Waals surface area contributed by atoms with Crippen LogP contribution in [0.5, 0.6) is 0 Å². The van der Waals surface area contributed by atoms with E-state index >= 15 is 0 Å². The van der Waals surface area contributed by atoms with Gasteiger partial charge < -0.3 is 20.0 Å². The van der Waals surface area contributed by atoms with Gasteiger partial charge in [-0.1, -0.05) is 48.5 Å². The molecular formula is C27H34N4O2. The highest BCUT2D eigenvalue weighted by atomic mass is 16.2. The van der Waals surface area contributed by atoms with Crippen molar-refractivity contribution in [2.75, 3.05) is 44.3 Å². The lowest BCUT2D eigenvalue weighted by atomic mass is 9.86. The number of anilines is 1. The van der Waals surface area contributed by atoms with Crippen molar-refractivity contribution in [3.8, 4) is 0 Å². The van der Waals surface area contributed by atoms with Gasteiger partial charge in [-0.25, -0.2) is 0 Å². The Morgan fingerprint density at radius 3 is 2.24 bits per heavy atom. The summed E-state index contributed by atoms with van der Waals surface area (Å²) in [5.41, 5.74) is 1.90. The van der Waals surface area contributed by atoms with Crippen LogP contribution in [0.3, 0.4) is 0 Å². The highest BCUT2D eigenvalue weighted by molar-refractivity contribution is 5.96. The predicted octanol–water partition coefficient (Wildman–Crippen LogP) is 2.90. The average Bonchev–Trinajstić information content (AvgIpc) is 3.12. The van der Waals surface area contributed by atoms with Gasteiger partial charge in [0, 0.05) is 18.8 Å². The Bertz CT molecular complexity index is 951. The number of likely N-dealkylation sites (tertiary alicyclic amines) is 1. The molecule has 3 fully saturated rings. The fourth-order valence-corrected chi connectivity index (χ4v) is 5.76. The normalized spacial score (nSPS) is 21.1. The first-order chi connectivity index (χ1) is 16.2. The molecule has 3 aliphatic heterocycles. The van der Waals surface area contributed by atoms with E-state index < -0.39 is 5.54 Å². The van der Waals surface area contributed by atoms with Crippen molar-refractivity contribution in [3.05, 3.63) is 66.2 Å². The molecule has 2 aromatic rings. The zero-order chi connectivity index (χ0) is 22.7. The lowest BCUT2D eigenvalue weighted by Crippen LogP contribution is -2.56. The van der Waals surface area contributed by atoms with Crippen LogP contribution in [0.25, 0.3) is 0 Å². The van der Waals surface area contributed by atoms with Crippen molar-refractivity contribution in [2.24, 2.45) is 5.92 Å². The van der Waals surface area contributed by atoms with Crippen molar-refractivity contribution >= 4 is 17.5 Å². The third-order valence-corrected chi connectivity index (χ3v) is 7.67. The first kappa shape index (κ1) is 22.0. The molecule has 3 aliphatic rings. The summed E-state index contributed by atoms with van der Waals surface area (Å²) in [4.78, 5) is 32.8. The maximum Gasteiger partial charge on any atom is 0.250 e. The number of amides is 2. The van der Waals surface area contributed by atoms with Crippen molar-refractivity contribution in [1.29, 1.82) is 0 Å². The van der Waals surface area contributed by atoms with Crippen molar-refractivity contribution in [3.63, 3.8) is 0 Å². The minimum absolute atomic E-state index is 0.0838. The number of hydrogen-bond acceptors (Lipinski definition) is 4. The van der Waals surface area contributed by atoms with E-state index in [0.717, 1.165) is 64.0 Å². The van der Waals surface area contributed by atoms with Crippen LogP contribution < -0.4 is 10.2 Å². The Kier molecular flexibility index (Phi) is 6.36. The first-order valence-electron chi connectivity index (χ1n) is 12.3. The van der Waals surface area contributed by atoms with Gasteiger partial charge in [0.05, 0.1) is 6.67 Å². The molecule has 5 rings (SSSR count). The molecule has 174 valence electrons. The summed E-state index contributed by atoms with van der Waals surface area (Å²) in [6.45, 7) is 3.89. The van der Waals surface area contributed by atoms with E-state index in [2.05, 4.69) is 52.7 Å². The van der Waals surface area contributed by atoms with E-state index in [-0.39, 0.29) is 18.4 Å². The van der Waals surface area contributed by atoms with Crippen LogP contribution in [0.2, 0.25) is 0 Å². The molecule has 1 spiro atoms. The van der Waals surface area contributed by atoms with E-state index in [0.29, 0.717) is 12.6 Å². The molecule has 3 heterocycles. The zero-order valence-corrected chi connectivity index (χ0v) is 19.3. The highest BCUT2D eigenvalue weighted by Crippen LogP contribution is 2.38. The van der Waals surface area contributed by atoms with Gasteiger partial charge >= 0.3 is 0 Å². The topological polar surface area (TPSA) is 55.9 Å². The van der Waals surface area contributed by atoms with Gasteiger partial charge in [-0.15, -0.1) is 0 Å². The lowest BCUT2D eigenvalue weighted by molar-refractivity contribution is -0.141. The maximum absolute atomic E-state index is 13.6. The molecular weight excluding hydrogens is 412 g/mol. The molecule has 6 heteroatoms. The van der Waals surface area contributed by atoms with Crippen molar-refractivity contribution < 1.29 is 9.59 Å². The molecule has 0 aliphatic carbocycles. The fraction of sp³-hybridized carbons (Fsp3) is 0.481. The second-order valence-corrected chi connectivity index (χ2v) is 9.70. The van der Waals surface area contributed by atoms with E-state index in [1.165, 1.54) is 5.56 Å². The average molecular weight is 447 g/mol. The lowest BCUT2D eigenvalue weighted by Gasteiger charge is -2.40. The molecule has 2 amide bonds. The van der Waals surface area contributed by atoms with Crippen molar-refractivity contribution in [2.45, 2.75) is 37.6 Å². The third kappa shape index (κ3) is 4.49. The van der Waals surface area contributed by atoms with E-state index in [4.69, 9.17) is 0 Å². The van der Waals surface area contributed by atoms with Gasteiger partial charge in [-0.2, -0.15) is 0 Å². The van der Waals surface area contributed by atoms with Gasteiger partial charge in [0.15, 0.2) is 0 Å². The summed E-state index contributed by atoms with van der Waals surface area (Å²) in [7, 11) is 0. The van der Waals surface area contributed by atoms with Crippen LogP contribution in [0.15, 0.2) is 60.7 Å². The molecule has 0 unspecified atom stereocenters. The number of carbonyl (C=O) groups excluding carboxylic acids is 2. The van der Waals surface area contributed by atoms with E-state index in [9.17, 15) is 9.59 Å². The zero-order valence-electron chi connectivity index (χ0n) is 19.3. The van der Waals surface area contributed by atoms with Crippen LogP contribution >= 0.6 is 0 Å².